The van der Waals surface area contributed by atoms with Crippen molar-refractivity contribution in [3.05, 3.63) is 76.7 Å². The number of hydrogen-bond acceptors (Lipinski definition) is 5. The highest BCUT2D eigenvalue weighted by Gasteiger charge is 2.31. The van der Waals surface area contributed by atoms with E-state index < -0.39 is 0 Å². The van der Waals surface area contributed by atoms with Gasteiger partial charge in [0.1, 0.15) is 10.8 Å². The van der Waals surface area contributed by atoms with Crippen LogP contribution in [0.2, 0.25) is 0 Å². The molecule has 1 saturated heterocycles. The van der Waals surface area contributed by atoms with E-state index in [1.807, 2.05) is 11.3 Å². The van der Waals surface area contributed by atoms with E-state index in [0.717, 1.165) is 49.7 Å². The first-order chi connectivity index (χ1) is 15.9. The number of benzene rings is 2. The van der Waals surface area contributed by atoms with Crippen molar-refractivity contribution >= 4 is 33.5 Å². The maximum atomic E-state index is 5.25. The Hall–Kier alpha value is -2.63. The van der Waals surface area contributed by atoms with Gasteiger partial charge in [0.15, 0.2) is 0 Å². The topological polar surface area (TPSA) is 30.9 Å². The van der Waals surface area contributed by atoms with Crippen LogP contribution in [0.25, 0.3) is 0 Å². The number of para-hydroxylation sites is 2. The number of nitrogens with one attached hydrogen (secondary N) is 1. The van der Waals surface area contributed by atoms with Crippen LogP contribution in [0.1, 0.15) is 43.2 Å². The van der Waals surface area contributed by atoms with Crippen molar-refractivity contribution in [2.45, 2.75) is 45.1 Å². The molecular formula is C28H34N4S. The summed E-state index contributed by atoms with van der Waals surface area (Å²) in [7, 11) is 2.27. The molecule has 2 aliphatic rings. The van der Waals surface area contributed by atoms with Crippen LogP contribution in [0.5, 0.6) is 0 Å². The van der Waals surface area contributed by atoms with Crippen molar-refractivity contribution < 1.29 is 0 Å². The number of anilines is 2. The molecule has 0 bridgehead atoms. The number of aliphatic imine (C=N–C) groups is 1. The molecule has 172 valence electrons. The van der Waals surface area contributed by atoms with E-state index in [1.54, 1.807) is 0 Å². The van der Waals surface area contributed by atoms with E-state index >= 15 is 0 Å². The highest BCUT2D eigenvalue weighted by Crippen LogP contribution is 2.42. The zero-order valence-electron chi connectivity index (χ0n) is 20.1. The lowest BCUT2D eigenvalue weighted by Gasteiger charge is -2.41. The SMILES string of the molecule is CN1CCN(C2=Nc3ccccc3Nc3sc(C(C)(C)C)cc32)CC1CCc1ccccc1. The molecule has 1 N–H and O–H groups in total. The average molecular weight is 459 g/mol. The maximum absolute atomic E-state index is 5.25. The quantitative estimate of drug-likeness (QED) is 0.491. The summed E-state index contributed by atoms with van der Waals surface area (Å²) in [6.07, 6.45) is 2.27. The van der Waals surface area contributed by atoms with Gasteiger partial charge in [-0.05, 0) is 49.1 Å². The normalized spacial score (nSPS) is 18.7. The Bertz CT molecular complexity index is 1140. The number of nitrogens with zero attached hydrogens (tertiary/aromatic N) is 3. The van der Waals surface area contributed by atoms with Gasteiger partial charge in [0.2, 0.25) is 0 Å². The third kappa shape index (κ3) is 4.71. The Morgan fingerprint density at radius 1 is 1.03 bits per heavy atom. The van der Waals surface area contributed by atoms with Gasteiger partial charge in [-0.2, -0.15) is 0 Å². The Labute approximate surface area is 202 Å². The molecule has 2 aliphatic heterocycles. The second kappa shape index (κ2) is 8.96. The van der Waals surface area contributed by atoms with Crippen LogP contribution >= 0.6 is 11.3 Å². The Morgan fingerprint density at radius 2 is 1.79 bits per heavy atom. The Morgan fingerprint density at radius 3 is 2.58 bits per heavy atom. The summed E-state index contributed by atoms with van der Waals surface area (Å²) in [5.74, 6) is 1.12. The van der Waals surface area contributed by atoms with E-state index in [1.165, 1.54) is 21.0 Å². The number of amidine groups is 1. The van der Waals surface area contributed by atoms with Gasteiger partial charge in [0.05, 0.1) is 16.9 Å². The van der Waals surface area contributed by atoms with Crippen molar-refractivity contribution in [3.8, 4) is 0 Å². The molecule has 5 rings (SSSR count). The molecule has 1 aromatic heterocycles. The minimum atomic E-state index is 0.115. The zero-order chi connectivity index (χ0) is 23.0. The van der Waals surface area contributed by atoms with Crippen LogP contribution in [-0.2, 0) is 11.8 Å². The molecule has 0 amide bonds. The fourth-order valence-electron chi connectivity index (χ4n) is 4.66. The van der Waals surface area contributed by atoms with Crippen molar-refractivity contribution in [1.29, 1.82) is 0 Å². The maximum Gasteiger partial charge on any atom is 0.139 e. The number of rotatable bonds is 3. The van der Waals surface area contributed by atoms with Crippen LogP contribution in [-0.4, -0.2) is 48.4 Å². The van der Waals surface area contributed by atoms with E-state index in [0.29, 0.717) is 6.04 Å². The predicted octanol–water partition coefficient (Wildman–Crippen LogP) is 6.43. The summed E-state index contributed by atoms with van der Waals surface area (Å²) in [6, 6.07) is 22.2. The van der Waals surface area contributed by atoms with Crippen molar-refractivity contribution in [3.63, 3.8) is 0 Å². The standard InChI is InChI=1S/C28H34N4S/c1-28(2,3)25-18-22-26(29-23-12-8-9-13-24(23)30-27(22)33-25)32-17-16-31(4)21(19-32)15-14-20-10-6-5-7-11-20/h5-13,18,21,30H,14-17,19H2,1-4H3. The average Bonchev–Trinajstić information content (AvgIpc) is 3.16. The van der Waals surface area contributed by atoms with Crippen LogP contribution in [0.3, 0.4) is 0 Å². The number of fused-ring (bicyclic) bond motifs is 2. The van der Waals surface area contributed by atoms with Gasteiger partial charge in [-0.25, -0.2) is 4.99 Å². The molecule has 0 saturated carbocycles. The van der Waals surface area contributed by atoms with Gasteiger partial charge in [-0.1, -0.05) is 63.2 Å². The van der Waals surface area contributed by atoms with Crippen molar-refractivity contribution in [2.75, 3.05) is 32.0 Å². The lowest BCUT2D eigenvalue weighted by molar-refractivity contribution is 0.134. The molecule has 4 nitrogen and oxygen atoms in total. The lowest BCUT2D eigenvalue weighted by Crippen LogP contribution is -2.53. The largest absolute Gasteiger partial charge is 0.353 e. The van der Waals surface area contributed by atoms with Gasteiger partial charge < -0.3 is 10.2 Å². The third-order valence-electron chi connectivity index (χ3n) is 6.78. The molecule has 5 heteroatoms. The zero-order valence-corrected chi connectivity index (χ0v) is 21.0. The summed E-state index contributed by atoms with van der Waals surface area (Å²) < 4.78 is 0. The molecule has 33 heavy (non-hydrogen) atoms. The number of thiophene rings is 1. The highest BCUT2D eigenvalue weighted by molar-refractivity contribution is 7.16. The summed E-state index contributed by atoms with van der Waals surface area (Å²) in [5.41, 5.74) is 4.89. The second-order valence-corrected chi connectivity index (χ2v) is 11.3. The van der Waals surface area contributed by atoms with Crippen LogP contribution < -0.4 is 5.32 Å². The summed E-state index contributed by atoms with van der Waals surface area (Å²) in [6.45, 7) is 9.93. The second-order valence-electron chi connectivity index (χ2n) is 10.3. The van der Waals surface area contributed by atoms with E-state index in [2.05, 4.69) is 104 Å². The number of likely N-dealkylation sites (N-methyl/N-ethyl adjacent to an activating group) is 1. The van der Waals surface area contributed by atoms with Crippen molar-refractivity contribution in [2.24, 2.45) is 4.99 Å². The Kier molecular flexibility index (Phi) is 6.02. The molecule has 3 heterocycles. The molecule has 0 aliphatic carbocycles. The fourth-order valence-corrected chi connectivity index (χ4v) is 5.79. The van der Waals surface area contributed by atoms with Crippen LogP contribution in [0.15, 0.2) is 65.7 Å². The first kappa shape index (κ1) is 22.2. The van der Waals surface area contributed by atoms with E-state index in [4.69, 9.17) is 4.99 Å². The summed E-state index contributed by atoms with van der Waals surface area (Å²) in [4.78, 5) is 11.7. The Balaban J connectivity index is 1.46. The van der Waals surface area contributed by atoms with Crippen LogP contribution in [0.4, 0.5) is 16.4 Å². The first-order valence-electron chi connectivity index (χ1n) is 12.0. The molecule has 1 unspecified atom stereocenters. The molecule has 2 aromatic carbocycles. The lowest BCUT2D eigenvalue weighted by atomic mass is 9.94. The molecule has 0 radical (unpaired) electrons. The third-order valence-corrected chi connectivity index (χ3v) is 8.25. The number of hydrogen-bond donors (Lipinski definition) is 1. The van der Waals surface area contributed by atoms with Gasteiger partial charge in [-0.15, -0.1) is 11.3 Å². The van der Waals surface area contributed by atoms with Gasteiger partial charge in [0, 0.05) is 30.6 Å². The summed E-state index contributed by atoms with van der Waals surface area (Å²) >= 11 is 1.87. The van der Waals surface area contributed by atoms with E-state index in [-0.39, 0.29) is 5.41 Å². The molecule has 1 atom stereocenters. The van der Waals surface area contributed by atoms with E-state index in [9.17, 15) is 0 Å². The smallest absolute Gasteiger partial charge is 0.139 e. The van der Waals surface area contributed by atoms with Crippen LogP contribution in [0, 0.1) is 0 Å². The monoisotopic (exact) mass is 458 g/mol. The van der Waals surface area contributed by atoms with Gasteiger partial charge >= 0.3 is 0 Å². The number of piperazine rings is 1. The predicted molar refractivity (Wildman–Crippen MR) is 142 cm³/mol. The minimum absolute atomic E-state index is 0.115. The molecule has 0 spiro atoms. The molecular weight excluding hydrogens is 424 g/mol. The first-order valence-corrected chi connectivity index (χ1v) is 12.8. The number of aryl methyl sites for hydroxylation is 1. The van der Waals surface area contributed by atoms with Crippen molar-refractivity contribution in [1.82, 2.24) is 9.80 Å². The minimum Gasteiger partial charge on any atom is -0.353 e. The van der Waals surface area contributed by atoms with Gasteiger partial charge in [0.25, 0.3) is 0 Å². The summed E-state index contributed by atoms with van der Waals surface area (Å²) in [5, 5.41) is 4.91. The highest BCUT2D eigenvalue weighted by atomic mass is 32.1. The molecule has 1 fully saturated rings. The fraction of sp³-hybridized carbons (Fsp3) is 0.393. The molecule has 3 aromatic rings. The van der Waals surface area contributed by atoms with Gasteiger partial charge in [-0.3, -0.25) is 4.90 Å².